The summed E-state index contributed by atoms with van der Waals surface area (Å²) in [7, 11) is 0. The highest BCUT2D eigenvalue weighted by molar-refractivity contribution is 6.13. The first-order valence-electron chi connectivity index (χ1n) is 15.7. The van der Waals surface area contributed by atoms with Gasteiger partial charge in [0.05, 0.1) is 5.69 Å². The van der Waals surface area contributed by atoms with E-state index in [0.717, 1.165) is 44.4 Å². The maximum atomic E-state index is 6.27. The molecule has 9 rings (SSSR count). The van der Waals surface area contributed by atoms with E-state index in [4.69, 9.17) is 4.42 Å². The summed E-state index contributed by atoms with van der Waals surface area (Å²) in [5.74, 6) is 0. The van der Waals surface area contributed by atoms with E-state index in [2.05, 4.69) is 169 Å². The first-order chi connectivity index (χ1) is 22.8. The number of benzene rings is 8. The molecule has 0 bridgehead atoms. The monoisotopic (exact) mass is 587 g/mol. The fourth-order valence-corrected chi connectivity index (χ4v) is 6.73. The fourth-order valence-electron chi connectivity index (χ4n) is 6.73. The number of hydrogen-bond donors (Lipinski definition) is 0. The van der Waals surface area contributed by atoms with Gasteiger partial charge in [0.25, 0.3) is 0 Å². The third kappa shape index (κ3) is 4.51. The predicted octanol–water partition coefficient (Wildman–Crippen LogP) is 12.7. The molecule has 46 heavy (non-hydrogen) atoms. The third-order valence-corrected chi connectivity index (χ3v) is 9.02. The van der Waals surface area contributed by atoms with Crippen LogP contribution in [0.3, 0.4) is 0 Å². The van der Waals surface area contributed by atoms with Gasteiger partial charge >= 0.3 is 0 Å². The minimum absolute atomic E-state index is 0.905. The largest absolute Gasteiger partial charge is 0.456 e. The highest BCUT2D eigenvalue weighted by Crippen LogP contribution is 2.43. The Morgan fingerprint density at radius 3 is 1.89 bits per heavy atom. The van der Waals surface area contributed by atoms with E-state index >= 15 is 0 Å². The Kier molecular flexibility index (Phi) is 6.17. The lowest BCUT2D eigenvalue weighted by atomic mass is 9.99. The van der Waals surface area contributed by atoms with E-state index in [0.29, 0.717) is 0 Å². The molecule has 0 aliphatic heterocycles. The van der Waals surface area contributed by atoms with Crippen LogP contribution in [0, 0.1) is 0 Å². The lowest BCUT2D eigenvalue weighted by Crippen LogP contribution is -2.10. The van der Waals surface area contributed by atoms with Crippen molar-refractivity contribution in [1.82, 2.24) is 0 Å². The van der Waals surface area contributed by atoms with Gasteiger partial charge in [0.15, 0.2) is 0 Å². The predicted molar refractivity (Wildman–Crippen MR) is 194 cm³/mol. The highest BCUT2D eigenvalue weighted by atomic mass is 16.3. The summed E-state index contributed by atoms with van der Waals surface area (Å²) in [4.78, 5) is 2.38. The van der Waals surface area contributed by atoms with Crippen molar-refractivity contribution >= 4 is 60.5 Å². The summed E-state index contributed by atoms with van der Waals surface area (Å²) in [5.41, 5.74) is 9.91. The molecule has 0 atom stereocenters. The molecule has 0 amide bonds. The maximum absolute atomic E-state index is 6.27. The van der Waals surface area contributed by atoms with Crippen LogP contribution >= 0.6 is 0 Å². The topological polar surface area (TPSA) is 16.4 Å². The molecule has 0 aliphatic carbocycles. The lowest BCUT2D eigenvalue weighted by Gasteiger charge is -2.27. The summed E-state index contributed by atoms with van der Waals surface area (Å²) in [6.45, 7) is 0. The molecule has 216 valence electrons. The van der Waals surface area contributed by atoms with Gasteiger partial charge in [-0.05, 0) is 93.0 Å². The van der Waals surface area contributed by atoms with Gasteiger partial charge in [-0.2, -0.15) is 0 Å². The molecule has 0 fully saturated rings. The molecule has 9 aromatic rings. The van der Waals surface area contributed by atoms with Gasteiger partial charge in [-0.1, -0.05) is 121 Å². The molecule has 1 heterocycles. The zero-order chi connectivity index (χ0) is 30.5. The fraction of sp³-hybridized carbons (Fsp3) is 0. The summed E-state index contributed by atoms with van der Waals surface area (Å²) in [5, 5.41) is 7.05. The number of rotatable bonds is 5. The van der Waals surface area contributed by atoms with Crippen LogP contribution in [0.2, 0.25) is 0 Å². The second-order valence-electron chi connectivity index (χ2n) is 11.8. The number of para-hydroxylation sites is 1. The van der Waals surface area contributed by atoms with Crippen molar-refractivity contribution in [2.24, 2.45) is 0 Å². The third-order valence-electron chi connectivity index (χ3n) is 9.02. The lowest BCUT2D eigenvalue weighted by molar-refractivity contribution is 0.669. The van der Waals surface area contributed by atoms with Crippen LogP contribution in [0.15, 0.2) is 180 Å². The molecule has 8 aromatic carbocycles. The summed E-state index contributed by atoms with van der Waals surface area (Å²) < 4.78 is 6.27. The van der Waals surface area contributed by atoms with Gasteiger partial charge < -0.3 is 9.32 Å². The number of hydrogen-bond acceptors (Lipinski definition) is 2. The van der Waals surface area contributed by atoms with Gasteiger partial charge in [0.1, 0.15) is 11.2 Å². The zero-order valence-electron chi connectivity index (χ0n) is 25.1. The van der Waals surface area contributed by atoms with Crippen molar-refractivity contribution in [3.05, 3.63) is 176 Å². The van der Waals surface area contributed by atoms with Crippen molar-refractivity contribution in [3.63, 3.8) is 0 Å². The maximum Gasteiger partial charge on any atom is 0.136 e. The summed E-state index contributed by atoms with van der Waals surface area (Å²) >= 11 is 0. The molecule has 0 radical (unpaired) electrons. The Morgan fingerprint density at radius 2 is 1.00 bits per heavy atom. The number of nitrogens with zero attached hydrogens (tertiary/aromatic N) is 1. The van der Waals surface area contributed by atoms with Crippen molar-refractivity contribution in [2.75, 3.05) is 4.90 Å². The first-order valence-corrected chi connectivity index (χ1v) is 15.7. The Hall–Kier alpha value is -6.12. The molecule has 2 nitrogen and oxygen atoms in total. The quantitative estimate of drug-likeness (QED) is 0.199. The molecule has 0 spiro atoms. The van der Waals surface area contributed by atoms with Gasteiger partial charge in [-0.15, -0.1) is 0 Å². The molecule has 1 aromatic heterocycles. The molecule has 0 saturated heterocycles. The van der Waals surface area contributed by atoms with Crippen molar-refractivity contribution < 1.29 is 4.42 Å². The average molecular weight is 588 g/mol. The second kappa shape index (κ2) is 10.8. The van der Waals surface area contributed by atoms with Crippen LogP contribution in [-0.2, 0) is 0 Å². The molecule has 2 heteroatoms. The highest BCUT2D eigenvalue weighted by Gasteiger charge is 2.18. The van der Waals surface area contributed by atoms with Gasteiger partial charge in [0, 0.05) is 27.5 Å². The molecule has 0 unspecified atom stereocenters. The summed E-state index contributed by atoms with van der Waals surface area (Å²) in [6, 6.07) is 62.9. The van der Waals surface area contributed by atoms with E-state index in [9.17, 15) is 0 Å². The minimum Gasteiger partial charge on any atom is -0.456 e. The molecule has 0 aliphatic rings. The van der Waals surface area contributed by atoms with Gasteiger partial charge in [0.2, 0.25) is 0 Å². The van der Waals surface area contributed by atoms with Crippen LogP contribution in [0.5, 0.6) is 0 Å². The molecular weight excluding hydrogens is 558 g/mol. The van der Waals surface area contributed by atoms with E-state index in [1.54, 1.807) is 0 Å². The average Bonchev–Trinajstić information content (AvgIpc) is 3.49. The minimum atomic E-state index is 0.905. The Bertz CT molecular complexity index is 2530. The summed E-state index contributed by atoms with van der Waals surface area (Å²) in [6.07, 6.45) is 0. The van der Waals surface area contributed by atoms with E-state index in [-0.39, 0.29) is 0 Å². The SMILES string of the molecule is c1ccc(-c2ccc(N(c3cccc(-c4ccc5ccccc5c4)c3)c3cccc4cc5oc6ccccc6c5cc34)cc2)cc1. The van der Waals surface area contributed by atoms with E-state index in [1.807, 2.05) is 12.1 Å². The van der Waals surface area contributed by atoms with Crippen LogP contribution in [0.1, 0.15) is 0 Å². The number of anilines is 3. The van der Waals surface area contributed by atoms with Crippen LogP contribution in [0.25, 0.3) is 65.7 Å². The Morgan fingerprint density at radius 1 is 0.326 bits per heavy atom. The molecule has 0 saturated carbocycles. The van der Waals surface area contributed by atoms with E-state index < -0.39 is 0 Å². The van der Waals surface area contributed by atoms with Crippen molar-refractivity contribution in [3.8, 4) is 22.3 Å². The molecule has 0 N–H and O–H groups in total. The second-order valence-corrected chi connectivity index (χ2v) is 11.8. The van der Waals surface area contributed by atoms with Gasteiger partial charge in [-0.3, -0.25) is 0 Å². The number of fused-ring (bicyclic) bond motifs is 5. The van der Waals surface area contributed by atoms with Crippen molar-refractivity contribution in [2.45, 2.75) is 0 Å². The Balaban J connectivity index is 1.25. The smallest absolute Gasteiger partial charge is 0.136 e. The van der Waals surface area contributed by atoms with E-state index in [1.165, 1.54) is 38.4 Å². The van der Waals surface area contributed by atoms with Crippen LogP contribution in [-0.4, -0.2) is 0 Å². The molecular formula is C44H29NO. The van der Waals surface area contributed by atoms with Crippen LogP contribution < -0.4 is 4.90 Å². The van der Waals surface area contributed by atoms with Gasteiger partial charge in [-0.25, -0.2) is 0 Å². The standard InChI is InChI=1S/C44H29NO/c1-2-10-30(11-3-1)32-22-24-37(25-23-32)45(38-16-8-14-34(27-38)35-21-20-31-12-4-5-13-33(31)26-35)42-18-9-15-36-28-44-41(29-40(36)42)39-17-6-7-19-43(39)46-44/h1-29H. The first kappa shape index (κ1) is 26.3. The normalized spacial score (nSPS) is 11.5. The number of furan rings is 1. The van der Waals surface area contributed by atoms with Crippen LogP contribution in [0.4, 0.5) is 17.1 Å². The Labute approximate surface area is 267 Å². The van der Waals surface area contributed by atoms with Crippen molar-refractivity contribution in [1.29, 1.82) is 0 Å². The zero-order valence-corrected chi connectivity index (χ0v) is 25.1.